The number of alkyl carbamates (subject to hydrolysis) is 1. The molecule has 1 aliphatic carbocycles. The van der Waals surface area contributed by atoms with Crippen LogP contribution in [0.15, 0.2) is 0 Å². The third-order valence-corrected chi connectivity index (χ3v) is 6.37. The topological polar surface area (TPSA) is 120 Å². The molecule has 4 N–H and O–H groups in total. The fourth-order valence-electron chi connectivity index (χ4n) is 4.77. The highest BCUT2D eigenvalue weighted by molar-refractivity contribution is 5.86. The van der Waals surface area contributed by atoms with Gasteiger partial charge in [-0.05, 0) is 71.6 Å². The first-order chi connectivity index (χ1) is 14.6. The first kappa shape index (κ1) is 23.8. The second-order valence-corrected chi connectivity index (χ2v) is 10.1. The molecule has 0 aromatic heterocycles. The smallest absolute Gasteiger partial charge is 0.408 e. The summed E-state index contributed by atoms with van der Waals surface area (Å²) < 4.78 is 5.41. The van der Waals surface area contributed by atoms with E-state index in [1.165, 1.54) is 0 Å². The molecule has 0 spiro atoms. The van der Waals surface area contributed by atoms with Crippen LogP contribution >= 0.6 is 0 Å². The maximum atomic E-state index is 13.2. The molecule has 3 atom stereocenters. The lowest BCUT2D eigenvalue weighted by molar-refractivity contribution is -0.134. The molecule has 3 amide bonds. The van der Waals surface area contributed by atoms with E-state index >= 15 is 0 Å². The highest BCUT2D eigenvalue weighted by Crippen LogP contribution is 2.29. The molecule has 0 bridgehead atoms. The average Bonchev–Trinajstić information content (AvgIpc) is 3.37. The van der Waals surface area contributed by atoms with E-state index in [9.17, 15) is 19.5 Å². The van der Waals surface area contributed by atoms with Gasteiger partial charge >= 0.3 is 6.09 Å². The number of β-amino-alcohol motifs (C(OH)–C–C–N with tert-alkyl or cyclic N) is 1. The van der Waals surface area contributed by atoms with Crippen LogP contribution in [0.3, 0.4) is 0 Å². The molecule has 2 heterocycles. The molecule has 0 radical (unpaired) electrons. The number of hydrogen-bond acceptors (Lipinski definition) is 6. The van der Waals surface area contributed by atoms with Crippen molar-refractivity contribution < 1.29 is 24.2 Å². The number of rotatable bonds is 5. The van der Waals surface area contributed by atoms with Crippen LogP contribution in [0.2, 0.25) is 0 Å². The fourth-order valence-corrected chi connectivity index (χ4v) is 4.77. The minimum atomic E-state index is -0.630. The largest absolute Gasteiger partial charge is 0.444 e. The number of aliphatic hydroxyl groups excluding tert-OH is 1. The maximum absolute atomic E-state index is 13.2. The van der Waals surface area contributed by atoms with Crippen LogP contribution in [-0.2, 0) is 14.3 Å². The molecule has 2 saturated heterocycles. The highest BCUT2D eigenvalue weighted by Gasteiger charge is 2.38. The number of carbonyl (C=O) groups excluding carboxylic acids is 3. The molecular weight excluding hydrogens is 400 g/mol. The lowest BCUT2D eigenvalue weighted by Gasteiger charge is -2.36. The molecule has 176 valence electrons. The van der Waals surface area contributed by atoms with Crippen LogP contribution in [0.4, 0.5) is 4.79 Å². The van der Waals surface area contributed by atoms with E-state index in [4.69, 9.17) is 4.74 Å². The van der Waals surface area contributed by atoms with Crippen LogP contribution in [0, 0.1) is 5.92 Å². The molecule has 2 aliphatic heterocycles. The Morgan fingerprint density at radius 3 is 2.29 bits per heavy atom. The van der Waals surface area contributed by atoms with E-state index in [1.54, 1.807) is 20.8 Å². The van der Waals surface area contributed by atoms with E-state index in [-0.39, 0.29) is 29.8 Å². The van der Waals surface area contributed by atoms with Crippen molar-refractivity contribution in [2.75, 3.05) is 19.6 Å². The Bertz CT molecular complexity index is 651. The van der Waals surface area contributed by atoms with Crippen LogP contribution in [0.25, 0.3) is 0 Å². The van der Waals surface area contributed by atoms with Gasteiger partial charge in [0.25, 0.3) is 0 Å². The molecule has 3 aliphatic rings. The minimum absolute atomic E-state index is 0.0141. The summed E-state index contributed by atoms with van der Waals surface area (Å²) in [4.78, 5) is 39.8. The normalized spacial score (nSPS) is 30.0. The Morgan fingerprint density at radius 2 is 1.74 bits per heavy atom. The van der Waals surface area contributed by atoms with Crippen molar-refractivity contribution in [1.29, 1.82) is 0 Å². The van der Waals surface area contributed by atoms with Gasteiger partial charge in [0.2, 0.25) is 11.8 Å². The third-order valence-electron chi connectivity index (χ3n) is 6.37. The Balaban J connectivity index is 1.56. The summed E-state index contributed by atoms with van der Waals surface area (Å²) in [5.41, 5.74) is -0.630. The van der Waals surface area contributed by atoms with Crippen molar-refractivity contribution in [2.24, 2.45) is 5.92 Å². The van der Waals surface area contributed by atoms with Crippen molar-refractivity contribution in [1.82, 2.24) is 20.9 Å². The van der Waals surface area contributed by atoms with Gasteiger partial charge in [-0.3, -0.25) is 9.59 Å². The van der Waals surface area contributed by atoms with Gasteiger partial charge in [-0.2, -0.15) is 0 Å². The number of nitrogens with one attached hydrogen (secondary N) is 3. The van der Waals surface area contributed by atoms with Gasteiger partial charge in [0.05, 0.1) is 12.1 Å². The summed E-state index contributed by atoms with van der Waals surface area (Å²) in [6.45, 7) is 7.32. The van der Waals surface area contributed by atoms with Crippen LogP contribution in [0.5, 0.6) is 0 Å². The fraction of sp³-hybridized carbons (Fsp3) is 0.864. The maximum Gasteiger partial charge on any atom is 0.408 e. The second-order valence-electron chi connectivity index (χ2n) is 10.1. The van der Waals surface area contributed by atoms with Crippen molar-refractivity contribution in [2.45, 2.75) is 95.5 Å². The zero-order chi connectivity index (χ0) is 22.6. The Morgan fingerprint density at radius 1 is 1.10 bits per heavy atom. The van der Waals surface area contributed by atoms with Gasteiger partial charge in [-0.1, -0.05) is 0 Å². The van der Waals surface area contributed by atoms with Gasteiger partial charge in [-0.25, -0.2) is 4.79 Å². The zero-order valence-corrected chi connectivity index (χ0v) is 19.0. The van der Waals surface area contributed by atoms with Crippen molar-refractivity contribution in [3.05, 3.63) is 0 Å². The number of carbonyl (C=O) groups is 3. The number of amides is 3. The van der Waals surface area contributed by atoms with E-state index in [0.717, 1.165) is 51.6 Å². The molecule has 9 nitrogen and oxygen atoms in total. The molecule has 0 aromatic rings. The molecule has 3 rings (SSSR count). The second kappa shape index (κ2) is 10.2. The van der Waals surface area contributed by atoms with Gasteiger partial charge < -0.3 is 30.7 Å². The van der Waals surface area contributed by atoms with Gasteiger partial charge in [0.15, 0.2) is 0 Å². The predicted octanol–water partition coefficient (Wildman–Crippen LogP) is 0.900. The van der Waals surface area contributed by atoms with Crippen molar-refractivity contribution in [3.63, 3.8) is 0 Å². The number of nitrogens with zero attached hydrogens (tertiary/aromatic N) is 1. The minimum Gasteiger partial charge on any atom is -0.444 e. The summed E-state index contributed by atoms with van der Waals surface area (Å²) in [5, 5.41) is 18.6. The lowest BCUT2D eigenvalue weighted by atomic mass is 9.81. The number of hydrogen-bond donors (Lipinski definition) is 4. The predicted molar refractivity (Wildman–Crippen MR) is 115 cm³/mol. The first-order valence-electron chi connectivity index (χ1n) is 11.6. The molecule has 0 unspecified atom stereocenters. The third kappa shape index (κ3) is 6.80. The summed E-state index contributed by atoms with van der Waals surface area (Å²) in [6, 6.07) is -0.894. The monoisotopic (exact) mass is 438 g/mol. The summed E-state index contributed by atoms with van der Waals surface area (Å²) >= 11 is 0. The van der Waals surface area contributed by atoms with E-state index in [2.05, 4.69) is 16.0 Å². The van der Waals surface area contributed by atoms with E-state index in [1.807, 2.05) is 4.90 Å². The summed E-state index contributed by atoms with van der Waals surface area (Å²) in [7, 11) is 0. The average molecular weight is 439 g/mol. The highest BCUT2D eigenvalue weighted by atomic mass is 16.6. The lowest BCUT2D eigenvalue weighted by Crippen LogP contribution is -2.54. The molecule has 3 fully saturated rings. The Hall–Kier alpha value is -1.87. The SMILES string of the molecule is CC(C)(C)OC(=O)N[C@H](C(=O)N1CCCC1)C1CCC(NC(=O)[C@@H]2C[C@@H](O)CN2)CC1. The van der Waals surface area contributed by atoms with Gasteiger partial charge in [0, 0.05) is 25.7 Å². The quantitative estimate of drug-likeness (QED) is 0.506. The number of ether oxygens (including phenoxy) is 1. The zero-order valence-electron chi connectivity index (χ0n) is 19.0. The van der Waals surface area contributed by atoms with Crippen LogP contribution in [-0.4, -0.2) is 77.4 Å². The summed E-state index contributed by atoms with van der Waals surface area (Å²) in [5.74, 6) is -0.0863. The van der Waals surface area contributed by atoms with Crippen molar-refractivity contribution in [3.8, 4) is 0 Å². The number of aliphatic hydroxyl groups is 1. The van der Waals surface area contributed by atoms with E-state index < -0.39 is 23.8 Å². The van der Waals surface area contributed by atoms with Gasteiger partial charge in [-0.15, -0.1) is 0 Å². The van der Waals surface area contributed by atoms with Crippen LogP contribution < -0.4 is 16.0 Å². The van der Waals surface area contributed by atoms with E-state index in [0.29, 0.717) is 13.0 Å². The standard InChI is InChI=1S/C22H38N4O5/c1-22(2,3)31-21(30)25-18(20(29)26-10-4-5-11-26)14-6-8-15(9-7-14)24-19(28)17-12-16(27)13-23-17/h14-18,23,27H,4-13H2,1-3H3,(H,24,28)(H,25,30)/t14?,15?,16-,17+,18+/m1/s1. The molecule has 31 heavy (non-hydrogen) atoms. The molecule has 0 aromatic carbocycles. The van der Waals surface area contributed by atoms with Gasteiger partial charge in [0.1, 0.15) is 11.6 Å². The Kier molecular flexibility index (Phi) is 7.80. The van der Waals surface area contributed by atoms with Crippen molar-refractivity contribution >= 4 is 17.9 Å². The Labute approximate surface area is 184 Å². The first-order valence-corrected chi connectivity index (χ1v) is 11.6. The molecular formula is C22H38N4O5. The summed E-state index contributed by atoms with van der Waals surface area (Å²) in [6.07, 6.45) is 4.39. The molecule has 1 saturated carbocycles. The molecule has 9 heteroatoms. The van der Waals surface area contributed by atoms with Crippen LogP contribution in [0.1, 0.15) is 65.7 Å². The number of likely N-dealkylation sites (tertiary alicyclic amines) is 1.